The number of pyridine rings is 1. The van der Waals surface area contributed by atoms with Crippen molar-refractivity contribution >= 4 is 14.1 Å². The highest BCUT2D eigenvalue weighted by Crippen LogP contribution is 2.39. The van der Waals surface area contributed by atoms with Gasteiger partial charge in [0.05, 0.1) is 12.8 Å². The molecule has 4 nitrogen and oxygen atoms in total. The maximum Gasteiger partial charge on any atom is 0.204 e. The minimum atomic E-state index is -2.16. The van der Waals surface area contributed by atoms with Crippen molar-refractivity contribution in [1.29, 1.82) is 0 Å². The average Bonchev–Trinajstić information content (AvgIpc) is 2.72. The third kappa shape index (κ3) is 4.05. The van der Waals surface area contributed by atoms with Crippen molar-refractivity contribution in [3.63, 3.8) is 0 Å². The van der Waals surface area contributed by atoms with Crippen molar-refractivity contribution in [1.82, 2.24) is 4.98 Å². The summed E-state index contributed by atoms with van der Waals surface area (Å²) in [5, 5.41) is 0. The molecule has 3 aromatic rings. The molecule has 0 fully saturated rings. The Hall–Kier alpha value is -2.76. The highest BCUT2D eigenvalue weighted by atomic mass is 28.4. The van der Waals surface area contributed by atoms with E-state index in [2.05, 4.69) is 24.6 Å². The second-order valence-electron chi connectivity index (χ2n) is 7.53. The van der Waals surface area contributed by atoms with Crippen molar-refractivity contribution in [3.05, 3.63) is 95.8 Å². The topological polar surface area (TPSA) is 48.4 Å². The van der Waals surface area contributed by atoms with Crippen LogP contribution in [0.5, 0.6) is 5.75 Å². The molecule has 0 saturated heterocycles. The van der Waals surface area contributed by atoms with E-state index in [1.807, 2.05) is 48.5 Å². The summed E-state index contributed by atoms with van der Waals surface area (Å²) in [4.78, 5) is 18.5. The first-order valence-electron chi connectivity index (χ1n) is 9.23. The molecule has 2 aromatic carbocycles. The minimum absolute atomic E-state index is 0.137. The molecule has 0 saturated carbocycles. The van der Waals surface area contributed by atoms with E-state index in [0.717, 1.165) is 5.56 Å². The highest BCUT2D eigenvalue weighted by Gasteiger charge is 2.47. The molecule has 1 aromatic heterocycles. The fourth-order valence-corrected chi connectivity index (χ4v) is 4.44. The molecule has 144 valence electrons. The van der Waals surface area contributed by atoms with E-state index in [0.29, 0.717) is 17.0 Å². The standard InChI is InChI=1S/C23H25NO3Si/c1-26-20-15-13-18(14-16-20)22(25)23(27-28(2,3)4,19-10-6-5-7-11-19)21-12-8-9-17-24-21/h5-17H,1-4H3. The van der Waals surface area contributed by atoms with E-state index in [4.69, 9.17) is 9.16 Å². The SMILES string of the molecule is COc1ccc(C(=O)C(O[Si](C)(C)C)(c2ccccc2)c2ccccn2)cc1. The summed E-state index contributed by atoms with van der Waals surface area (Å²) >= 11 is 0. The van der Waals surface area contributed by atoms with Crippen LogP contribution in [-0.2, 0) is 10.0 Å². The molecule has 28 heavy (non-hydrogen) atoms. The lowest BCUT2D eigenvalue weighted by Gasteiger charge is -2.38. The zero-order valence-corrected chi connectivity index (χ0v) is 17.7. The maximum absolute atomic E-state index is 14.0. The number of rotatable bonds is 7. The first-order valence-corrected chi connectivity index (χ1v) is 12.6. The van der Waals surface area contributed by atoms with E-state index >= 15 is 0 Å². The Morgan fingerprint density at radius 1 is 0.893 bits per heavy atom. The van der Waals surface area contributed by atoms with Gasteiger partial charge >= 0.3 is 0 Å². The molecule has 0 aliphatic carbocycles. The number of methoxy groups -OCH3 is 1. The highest BCUT2D eigenvalue weighted by molar-refractivity contribution is 6.70. The Morgan fingerprint density at radius 2 is 1.54 bits per heavy atom. The predicted octanol–water partition coefficient (Wildman–Crippen LogP) is 5.07. The fraction of sp³-hybridized carbons (Fsp3) is 0.217. The second kappa shape index (κ2) is 8.08. The third-order valence-electron chi connectivity index (χ3n) is 4.34. The van der Waals surface area contributed by atoms with Gasteiger partial charge in [0, 0.05) is 11.8 Å². The van der Waals surface area contributed by atoms with Crippen molar-refractivity contribution in [2.24, 2.45) is 0 Å². The lowest BCUT2D eigenvalue weighted by molar-refractivity contribution is 0.0544. The number of benzene rings is 2. The van der Waals surface area contributed by atoms with Gasteiger partial charge < -0.3 is 9.16 Å². The monoisotopic (exact) mass is 391 g/mol. The normalized spacial score (nSPS) is 13.6. The van der Waals surface area contributed by atoms with E-state index < -0.39 is 13.9 Å². The molecule has 1 heterocycles. The van der Waals surface area contributed by atoms with Gasteiger partial charge in [-0.15, -0.1) is 0 Å². The van der Waals surface area contributed by atoms with E-state index in [1.165, 1.54) is 0 Å². The number of nitrogens with zero attached hydrogens (tertiary/aromatic N) is 1. The summed E-state index contributed by atoms with van der Waals surface area (Å²) in [5.41, 5.74) is 0.608. The van der Waals surface area contributed by atoms with E-state index in [9.17, 15) is 4.79 Å². The maximum atomic E-state index is 14.0. The zero-order valence-electron chi connectivity index (χ0n) is 16.7. The number of carbonyl (C=O) groups is 1. The first-order chi connectivity index (χ1) is 13.4. The first kappa shape index (κ1) is 20.0. The zero-order chi connectivity index (χ0) is 20.2. The smallest absolute Gasteiger partial charge is 0.204 e. The molecule has 0 radical (unpaired) electrons. The largest absolute Gasteiger partial charge is 0.497 e. The van der Waals surface area contributed by atoms with Gasteiger partial charge in [0.2, 0.25) is 5.78 Å². The van der Waals surface area contributed by atoms with Crippen LogP contribution in [0.4, 0.5) is 0 Å². The van der Waals surface area contributed by atoms with Crippen LogP contribution in [0.15, 0.2) is 79.0 Å². The number of hydrogen-bond donors (Lipinski definition) is 0. The lowest BCUT2D eigenvalue weighted by Crippen LogP contribution is -2.48. The molecule has 0 aliphatic rings. The van der Waals surface area contributed by atoms with Crippen LogP contribution in [0.25, 0.3) is 0 Å². The number of hydrogen-bond acceptors (Lipinski definition) is 4. The number of Topliss-reactive ketones (excluding diaryl/α,β-unsaturated/α-hetero) is 1. The van der Waals surface area contributed by atoms with Crippen molar-refractivity contribution in [2.75, 3.05) is 7.11 Å². The van der Waals surface area contributed by atoms with Gasteiger partial charge in [-0.1, -0.05) is 36.4 Å². The van der Waals surface area contributed by atoms with Crippen LogP contribution in [0.2, 0.25) is 19.6 Å². The molecular weight excluding hydrogens is 366 g/mol. The van der Waals surface area contributed by atoms with Gasteiger partial charge in [0.25, 0.3) is 0 Å². The van der Waals surface area contributed by atoms with Crippen molar-refractivity contribution in [3.8, 4) is 5.75 Å². The molecule has 0 spiro atoms. The number of ketones is 1. The van der Waals surface area contributed by atoms with Gasteiger partial charge in [-0.2, -0.15) is 0 Å². The van der Waals surface area contributed by atoms with Crippen LogP contribution in [0.3, 0.4) is 0 Å². The molecule has 0 bridgehead atoms. The molecule has 1 unspecified atom stereocenters. The van der Waals surface area contributed by atoms with Crippen LogP contribution in [0, 0.1) is 0 Å². The Balaban J connectivity index is 2.26. The van der Waals surface area contributed by atoms with Gasteiger partial charge in [0.1, 0.15) is 5.75 Å². The predicted molar refractivity (Wildman–Crippen MR) is 113 cm³/mol. The molecule has 0 N–H and O–H groups in total. The summed E-state index contributed by atoms with van der Waals surface area (Å²) in [6, 6.07) is 22.3. The van der Waals surface area contributed by atoms with Crippen LogP contribution >= 0.6 is 0 Å². The van der Waals surface area contributed by atoms with Crippen LogP contribution in [-0.4, -0.2) is 26.2 Å². The molecule has 0 amide bonds. The summed E-state index contributed by atoms with van der Waals surface area (Å²) in [6.07, 6.45) is 1.70. The third-order valence-corrected chi connectivity index (χ3v) is 5.26. The minimum Gasteiger partial charge on any atom is -0.497 e. The second-order valence-corrected chi connectivity index (χ2v) is 12.0. The van der Waals surface area contributed by atoms with E-state index in [-0.39, 0.29) is 5.78 Å². The summed E-state index contributed by atoms with van der Waals surface area (Å²) in [6.45, 7) is 6.23. The van der Waals surface area contributed by atoms with Crippen molar-refractivity contribution < 1.29 is 14.0 Å². The molecular formula is C23H25NO3Si. The molecule has 1 atom stereocenters. The average molecular weight is 392 g/mol. The van der Waals surface area contributed by atoms with Crippen molar-refractivity contribution in [2.45, 2.75) is 25.2 Å². The Labute approximate surface area is 167 Å². The number of aromatic nitrogens is 1. The van der Waals surface area contributed by atoms with Gasteiger partial charge in [-0.25, -0.2) is 0 Å². The fourth-order valence-electron chi connectivity index (χ4n) is 3.20. The number of carbonyl (C=O) groups excluding carboxylic acids is 1. The Bertz CT molecular complexity index is 880. The van der Waals surface area contributed by atoms with Gasteiger partial charge in [0.15, 0.2) is 13.9 Å². The van der Waals surface area contributed by atoms with E-state index in [1.54, 1.807) is 37.6 Å². The molecule has 3 rings (SSSR count). The Morgan fingerprint density at radius 3 is 2.07 bits per heavy atom. The summed E-state index contributed by atoms with van der Waals surface area (Å²) in [5.74, 6) is 0.563. The summed E-state index contributed by atoms with van der Waals surface area (Å²) in [7, 11) is -0.553. The quantitative estimate of drug-likeness (QED) is 0.417. The summed E-state index contributed by atoms with van der Waals surface area (Å²) < 4.78 is 11.9. The molecule has 0 aliphatic heterocycles. The van der Waals surface area contributed by atoms with Crippen LogP contribution in [0.1, 0.15) is 21.6 Å². The lowest BCUT2D eigenvalue weighted by atomic mass is 9.83. The van der Waals surface area contributed by atoms with Gasteiger partial charge in [-0.05, 0) is 61.6 Å². The number of ether oxygens (including phenoxy) is 1. The molecule has 5 heteroatoms. The van der Waals surface area contributed by atoms with Crippen LogP contribution < -0.4 is 4.74 Å². The Kier molecular flexibility index (Phi) is 5.77. The van der Waals surface area contributed by atoms with Gasteiger partial charge in [-0.3, -0.25) is 9.78 Å².